The van der Waals surface area contributed by atoms with Gasteiger partial charge in [-0.1, -0.05) is 5.16 Å². The zero-order valence-electron chi connectivity index (χ0n) is 9.71. The summed E-state index contributed by atoms with van der Waals surface area (Å²) < 4.78 is 36.4. The molecular weight excluding hydrogens is 258 g/mol. The van der Waals surface area contributed by atoms with E-state index in [1.807, 2.05) is 0 Å². The molecule has 0 aliphatic heterocycles. The van der Waals surface area contributed by atoms with E-state index in [0.29, 0.717) is 17.3 Å². The molecule has 0 saturated carbocycles. The van der Waals surface area contributed by atoms with Crippen LogP contribution in [-0.4, -0.2) is 13.6 Å². The molecule has 2 aromatic heterocycles. The average molecular weight is 271 g/mol. The van der Waals surface area contributed by atoms with Crippen LogP contribution in [0.4, 0.5) is 0 Å². The zero-order chi connectivity index (χ0) is 13.2. The SMILES string of the molecule is Cc1oc(CN)cc1S(=O)(=O)NCc1ccno1. The Hall–Kier alpha value is -1.64. The van der Waals surface area contributed by atoms with Crippen molar-refractivity contribution < 1.29 is 17.4 Å². The molecule has 0 bridgehead atoms. The number of sulfonamides is 1. The topological polar surface area (TPSA) is 111 Å². The van der Waals surface area contributed by atoms with E-state index in [0.717, 1.165) is 0 Å². The zero-order valence-corrected chi connectivity index (χ0v) is 10.5. The standard InChI is InChI=1S/C10H13N3O4S/c1-7-10(4-9(5-11)16-7)18(14,15)13-6-8-2-3-12-17-8/h2-4,13H,5-6,11H2,1H3. The first kappa shape index (κ1) is 12.8. The summed E-state index contributed by atoms with van der Waals surface area (Å²) in [6.07, 6.45) is 1.44. The van der Waals surface area contributed by atoms with Crippen LogP contribution in [0.5, 0.6) is 0 Å². The van der Waals surface area contributed by atoms with Crippen molar-refractivity contribution in [3.8, 4) is 0 Å². The molecule has 2 aromatic rings. The summed E-state index contributed by atoms with van der Waals surface area (Å²) >= 11 is 0. The molecule has 0 saturated heterocycles. The average Bonchev–Trinajstić information content (AvgIpc) is 2.95. The molecule has 0 atom stereocenters. The molecule has 7 nitrogen and oxygen atoms in total. The summed E-state index contributed by atoms with van der Waals surface area (Å²) in [6.45, 7) is 1.76. The predicted molar refractivity (Wildman–Crippen MR) is 61.9 cm³/mol. The fourth-order valence-electron chi connectivity index (χ4n) is 1.47. The largest absolute Gasteiger partial charge is 0.464 e. The normalized spacial score (nSPS) is 11.9. The van der Waals surface area contributed by atoms with E-state index in [-0.39, 0.29) is 18.0 Å². The highest BCUT2D eigenvalue weighted by Crippen LogP contribution is 2.19. The number of nitrogens with zero attached hydrogens (tertiary/aromatic N) is 1. The Morgan fingerprint density at radius 1 is 1.44 bits per heavy atom. The summed E-state index contributed by atoms with van der Waals surface area (Å²) in [4.78, 5) is 0.0856. The van der Waals surface area contributed by atoms with E-state index >= 15 is 0 Å². The van der Waals surface area contributed by atoms with Crippen LogP contribution in [0.1, 0.15) is 17.3 Å². The smallest absolute Gasteiger partial charge is 0.244 e. The highest BCUT2D eigenvalue weighted by molar-refractivity contribution is 7.89. The molecule has 0 aliphatic carbocycles. The molecule has 2 rings (SSSR count). The van der Waals surface area contributed by atoms with Crippen LogP contribution in [0, 0.1) is 6.92 Å². The van der Waals surface area contributed by atoms with Crippen LogP contribution in [0.3, 0.4) is 0 Å². The van der Waals surface area contributed by atoms with Gasteiger partial charge in [0.1, 0.15) is 16.4 Å². The Labute approximate surface area is 104 Å². The van der Waals surface area contributed by atoms with E-state index in [9.17, 15) is 8.42 Å². The van der Waals surface area contributed by atoms with Crippen molar-refractivity contribution >= 4 is 10.0 Å². The molecule has 18 heavy (non-hydrogen) atoms. The van der Waals surface area contributed by atoms with Crippen LogP contribution < -0.4 is 10.5 Å². The van der Waals surface area contributed by atoms with Gasteiger partial charge in [0.15, 0.2) is 5.76 Å². The summed E-state index contributed by atoms with van der Waals surface area (Å²) in [5, 5.41) is 3.49. The second kappa shape index (κ2) is 4.92. The molecule has 0 unspecified atom stereocenters. The molecular formula is C10H13N3O4S. The van der Waals surface area contributed by atoms with Gasteiger partial charge in [0.05, 0.1) is 19.3 Å². The summed E-state index contributed by atoms with van der Waals surface area (Å²) in [7, 11) is -3.64. The fraction of sp³-hybridized carbons (Fsp3) is 0.300. The van der Waals surface area contributed by atoms with Gasteiger partial charge in [-0.15, -0.1) is 0 Å². The van der Waals surface area contributed by atoms with Gasteiger partial charge in [0, 0.05) is 12.1 Å². The van der Waals surface area contributed by atoms with E-state index < -0.39 is 10.0 Å². The first-order chi connectivity index (χ1) is 8.53. The van der Waals surface area contributed by atoms with Crippen molar-refractivity contribution in [2.45, 2.75) is 24.9 Å². The number of aryl methyl sites for hydroxylation is 1. The van der Waals surface area contributed by atoms with Crippen molar-refractivity contribution in [3.63, 3.8) is 0 Å². The summed E-state index contributed by atoms with van der Waals surface area (Å²) in [5.41, 5.74) is 5.39. The molecule has 98 valence electrons. The second-order valence-electron chi connectivity index (χ2n) is 3.64. The number of rotatable bonds is 5. The fourth-order valence-corrected chi connectivity index (χ4v) is 2.66. The van der Waals surface area contributed by atoms with Crippen LogP contribution in [-0.2, 0) is 23.1 Å². The van der Waals surface area contributed by atoms with Gasteiger partial charge in [-0.2, -0.15) is 0 Å². The lowest BCUT2D eigenvalue weighted by atomic mass is 10.4. The lowest BCUT2D eigenvalue weighted by molar-refractivity contribution is 0.380. The van der Waals surface area contributed by atoms with Crippen molar-refractivity contribution in [1.29, 1.82) is 0 Å². The number of hydrogen-bond acceptors (Lipinski definition) is 6. The van der Waals surface area contributed by atoms with E-state index in [4.69, 9.17) is 14.7 Å². The molecule has 0 aliphatic rings. The van der Waals surface area contributed by atoms with Crippen LogP contribution in [0.2, 0.25) is 0 Å². The summed E-state index contributed by atoms with van der Waals surface area (Å²) in [6, 6.07) is 2.99. The third kappa shape index (κ3) is 2.61. The molecule has 0 aromatic carbocycles. The van der Waals surface area contributed by atoms with Crippen LogP contribution in [0.25, 0.3) is 0 Å². The van der Waals surface area contributed by atoms with Crippen molar-refractivity contribution in [2.24, 2.45) is 5.73 Å². The highest BCUT2D eigenvalue weighted by atomic mass is 32.2. The van der Waals surface area contributed by atoms with Gasteiger partial charge in [-0.25, -0.2) is 13.1 Å². The lowest BCUT2D eigenvalue weighted by Gasteiger charge is -2.02. The third-order valence-electron chi connectivity index (χ3n) is 2.34. The second-order valence-corrected chi connectivity index (χ2v) is 5.38. The minimum Gasteiger partial charge on any atom is -0.464 e. The van der Waals surface area contributed by atoms with Crippen molar-refractivity contribution in [1.82, 2.24) is 9.88 Å². The van der Waals surface area contributed by atoms with Gasteiger partial charge in [-0.05, 0) is 6.92 Å². The van der Waals surface area contributed by atoms with E-state index in [1.165, 1.54) is 12.3 Å². The van der Waals surface area contributed by atoms with Gasteiger partial charge in [0.25, 0.3) is 0 Å². The number of nitrogens with two attached hydrogens (primary N) is 1. The quantitative estimate of drug-likeness (QED) is 0.819. The minimum atomic E-state index is -3.64. The van der Waals surface area contributed by atoms with Crippen molar-refractivity contribution in [3.05, 3.63) is 35.6 Å². The Morgan fingerprint density at radius 2 is 2.22 bits per heavy atom. The first-order valence-corrected chi connectivity index (χ1v) is 6.70. The maximum absolute atomic E-state index is 12.0. The monoisotopic (exact) mass is 271 g/mol. The maximum Gasteiger partial charge on any atom is 0.244 e. The molecule has 0 amide bonds. The molecule has 0 radical (unpaired) electrons. The number of hydrogen-bond donors (Lipinski definition) is 2. The maximum atomic E-state index is 12.0. The lowest BCUT2D eigenvalue weighted by Crippen LogP contribution is -2.23. The summed E-state index contributed by atoms with van der Waals surface area (Å²) in [5.74, 6) is 1.16. The third-order valence-corrected chi connectivity index (χ3v) is 3.85. The Morgan fingerprint density at radius 3 is 2.78 bits per heavy atom. The molecule has 0 spiro atoms. The van der Waals surface area contributed by atoms with Crippen LogP contribution >= 0.6 is 0 Å². The Kier molecular flexibility index (Phi) is 3.50. The minimum absolute atomic E-state index is 0.0327. The van der Waals surface area contributed by atoms with Gasteiger partial charge in [-0.3, -0.25) is 0 Å². The first-order valence-electron chi connectivity index (χ1n) is 5.21. The van der Waals surface area contributed by atoms with Crippen molar-refractivity contribution in [2.75, 3.05) is 0 Å². The molecule has 2 heterocycles. The highest BCUT2D eigenvalue weighted by Gasteiger charge is 2.21. The number of furan rings is 1. The molecule has 3 N–H and O–H groups in total. The molecule has 8 heteroatoms. The number of nitrogens with one attached hydrogen (secondary N) is 1. The van der Waals surface area contributed by atoms with Gasteiger partial charge in [0.2, 0.25) is 10.0 Å². The Balaban J connectivity index is 2.17. The van der Waals surface area contributed by atoms with Gasteiger partial charge >= 0.3 is 0 Å². The predicted octanol–water partition coefficient (Wildman–Crippen LogP) is 0.513. The Bertz CT molecular complexity index is 616. The van der Waals surface area contributed by atoms with E-state index in [2.05, 4.69) is 9.88 Å². The van der Waals surface area contributed by atoms with E-state index in [1.54, 1.807) is 13.0 Å². The van der Waals surface area contributed by atoms with Crippen LogP contribution in [0.15, 0.2) is 32.2 Å². The molecule has 0 fully saturated rings. The van der Waals surface area contributed by atoms with Gasteiger partial charge < -0.3 is 14.7 Å². The number of aromatic nitrogens is 1.